The van der Waals surface area contributed by atoms with E-state index in [0.29, 0.717) is 0 Å². The van der Waals surface area contributed by atoms with Crippen molar-refractivity contribution in [2.45, 2.75) is 96.8 Å². The van der Waals surface area contributed by atoms with E-state index in [4.69, 9.17) is 7.56 Å². The van der Waals surface area contributed by atoms with Crippen LogP contribution >= 0.6 is 0 Å². The summed E-state index contributed by atoms with van der Waals surface area (Å²) in [6, 6.07) is 0. The zero-order chi connectivity index (χ0) is 17.6. The summed E-state index contributed by atoms with van der Waals surface area (Å²) in [5.41, 5.74) is 0. The third-order valence-corrected chi connectivity index (χ3v) is 38.3. The van der Waals surface area contributed by atoms with Gasteiger partial charge in [-0.05, 0) is 0 Å². The molecule has 0 saturated heterocycles. The molecule has 0 amide bonds. The summed E-state index contributed by atoms with van der Waals surface area (Å²) in [6.45, 7) is 9.15. The molecule has 140 valence electrons. The Hall–Kier alpha value is 1.48. The second-order valence-corrected chi connectivity index (χ2v) is 30.0. The van der Waals surface area contributed by atoms with Crippen LogP contribution in [0, 0.1) is 0 Å². The number of rotatable bonds is 16. The van der Waals surface area contributed by atoms with Gasteiger partial charge in [0.15, 0.2) is 0 Å². The Labute approximate surface area is 156 Å². The first-order valence-electron chi connectivity index (χ1n) is 9.88. The average Bonchev–Trinajstić information content (AvgIpc) is 2.59. The van der Waals surface area contributed by atoms with Gasteiger partial charge in [-0.2, -0.15) is 0 Å². The van der Waals surface area contributed by atoms with Gasteiger partial charge in [0.2, 0.25) is 0 Å². The molecule has 0 aromatic rings. The Morgan fingerprint density at radius 3 is 1.22 bits per heavy atom. The van der Waals surface area contributed by atoms with E-state index in [1.54, 1.807) is 0 Å². The Balaban J connectivity index is 5.28. The molecule has 0 aliphatic rings. The van der Waals surface area contributed by atoms with Gasteiger partial charge in [0.05, 0.1) is 0 Å². The average molecular weight is 544 g/mol. The Kier molecular flexibility index (Phi) is 15.6. The monoisotopic (exact) mass is 546 g/mol. The number of hydrogen-bond acceptors (Lipinski definition) is 3. The second kappa shape index (κ2) is 14.6. The zero-order valence-electron chi connectivity index (χ0n) is 16.7. The first kappa shape index (κ1) is 24.5. The van der Waals surface area contributed by atoms with Gasteiger partial charge in [-0.1, -0.05) is 0 Å². The first-order chi connectivity index (χ1) is 11.1. The maximum atomic E-state index is 7.11. The summed E-state index contributed by atoms with van der Waals surface area (Å²) in [5, 5.41) is 0. The molecule has 0 heterocycles. The molecule has 0 spiro atoms. The molecule has 0 unspecified atom stereocenters. The summed E-state index contributed by atoms with van der Waals surface area (Å²) in [5.74, 6) is 0. The van der Waals surface area contributed by atoms with E-state index in [9.17, 15) is 0 Å². The van der Waals surface area contributed by atoms with Crippen LogP contribution in [0.15, 0.2) is 0 Å². The van der Waals surface area contributed by atoms with Gasteiger partial charge < -0.3 is 0 Å². The van der Waals surface area contributed by atoms with Crippen molar-refractivity contribution in [1.82, 2.24) is 0 Å². The summed E-state index contributed by atoms with van der Waals surface area (Å²) < 4.78 is 24.3. The molecular weight excluding hydrogens is 502 g/mol. The fourth-order valence-electron chi connectivity index (χ4n) is 3.17. The predicted octanol–water partition coefficient (Wildman–Crippen LogP) is 6.38. The van der Waals surface area contributed by atoms with E-state index in [1.807, 2.05) is 14.2 Å². The molecule has 0 N–H and O–H groups in total. The second-order valence-electron chi connectivity index (χ2n) is 6.79. The van der Waals surface area contributed by atoms with Crippen LogP contribution in [0.3, 0.4) is 0 Å². The van der Waals surface area contributed by atoms with Crippen LogP contribution in [0.25, 0.3) is 0 Å². The van der Waals surface area contributed by atoms with Gasteiger partial charge in [0.1, 0.15) is 0 Å². The van der Waals surface area contributed by atoms with Crippen molar-refractivity contribution in [3.05, 3.63) is 0 Å². The van der Waals surface area contributed by atoms with E-state index in [-0.39, 0.29) is 0 Å². The molecule has 0 aliphatic heterocycles. The summed E-state index contributed by atoms with van der Waals surface area (Å²) in [4.78, 5) is 0. The molecule has 23 heavy (non-hydrogen) atoms. The molecule has 0 aliphatic carbocycles. The molecule has 0 rings (SSSR count). The topological polar surface area (TPSA) is 27.7 Å². The van der Waals surface area contributed by atoms with Gasteiger partial charge in [-0.15, -0.1) is 0 Å². The Morgan fingerprint density at radius 1 is 0.565 bits per heavy atom. The van der Waals surface area contributed by atoms with Crippen LogP contribution in [0.5, 0.6) is 0 Å². The summed E-state index contributed by atoms with van der Waals surface area (Å²) in [7, 11) is 3.68. The minimum atomic E-state index is -3.31. The standard InChI is InChI=1S/4C4H9.2CH3O.O.2Sn/c4*1-3-4-2;2*1-2;;;/h4*1,3-4H2,2H3;2*1H3;;;/q;;;;2*-1;;;+2. The van der Waals surface area contributed by atoms with Gasteiger partial charge in [-0.25, -0.2) is 0 Å². The maximum absolute atomic E-state index is 7.11. The van der Waals surface area contributed by atoms with Crippen LogP contribution < -0.4 is 0 Å². The normalized spacial score (nSPS) is 12.8. The minimum absolute atomic E-state index is 1.06. The van der Waals surface area contributed by atoms with E-state index >= 15 is 0 Å². The van der Waals surface area contributed by atoms with Crippen LogP contribution in [-0.2, 0) is 7.56 Å². The van der Waals surface area contributed by atoms with Crippen molar-refractivity contribution >= 4 is 38.4 Å². The van der Waals surface area contributed by atoms with Crippen LogP contribution in [0.1, 0.15) is 79.1 Å². The molecule has 0 radical (unpaired) electrons. The predicted molar refractivity (Wildman–Crippen MR) is 105 cm³/mol. The molecule has 0 fully saturated rings. The Bertz CT molecular complexity index is 249. The molecule has 0 saturated carbocycles. The van der Waals surface area contributed by atoms with Gasteiger partial charge >= 0.3 is 157 Å². The van der Waals surface area contributed by atoms with E-state index in [1.165, 1.54) is 64.7 Å². The number of unbranched alkanes of at least 4 members (excludes halogenated alkanes) is 4. The first-order valence-corrected chi connectivity index (χ1v) is 22.6. The van der Waals surface area contributed by atoms with Gasteiger partial charge in [0, 0.05) is 0 Å². The molecular formula is C18H42O3Sn2. The molecule has 0 bridgehead atoms. The van der Waals surface area contributed by atoms with Crippen LogP contribution in [0.4, 0.5) is 0 Å². The van der Waals surface area contributed by atoms with E-state index < -0.39 is 38.4 Å². The third kappa shape index (κ3) is 9.66. The molecule has 0 aromatic heterocycles. The summed E-state index contributed by atoms with van der Waals surface area (Å²) >= 11 is -5.94. The van der Waals surface area contributed by atoms with E-state index in [0.717, 1.165) is 4.44 Å². The van der Waals surface area contributed by atoms with Crippen molar-refractivity contribution in [2.75, 3.05) is 14.2 Å². The van der Waals surface area contributed by atoms with Crippen molar-refractivity contribution in [3.63, 3.8) is 0 Å². The van der Waals surface area contributed by atoms with Crippen molar-refractivity contribution in [3.8, 4) is 0 Å². The van der Waals surface area contributed by atoms with Crippen molar-refractivity contribution < 1.29 is 7.56 Å². The molecule has 0 aromatic carbocycles. The number of hydrogen-bond donors (Lipinski definition) is 0. The summed E-state index contributed by atoms with van der Waals surface area (Å²) in [6.07, 6.45) is 10.2. The fraction of sp³-hybridized carbons (Fsp3) is 1.00. The van der Waals surface area contributed by atoms with Crippen molar-refractivity contribution in [2.24, 2.45) is 0 Å². The van der Waals surface area contributed by atoms with E-state index in [2.05, 4.69) is 27.7 Å². The van der Waals surface area contributed by atoms with Crippen molar-refractivity contribution in [1.29, 1.82) is 0 Å². The third-order valence-electron chi connectivity index (χ3n) is 4.79. The Morgan fingerprint density at radius 2 is 0.913 bits per heavy atom. The molecule has 3 nitrogen and oxygen atoms in total. The molecule has 0 atom stereocenters. The fourth-order valence-corrected chi connectivity index (χ4v) is 44.9. The van der Waals surface area contributed by atoms with Gasteiger partial charge in [-0.3, -0.25) is 0 Å². The molecule has 5 heteroatoms. The quantitative estimate of drug-likeness (QED) is 0.211. The zero-order valence-corrected chi connectivity index (χ0v) is 22.4. The van der Waals surface area contributed by atoms with Crippen LogP contribution in [0.2, 0.25) is 17.7 Å². The van der Waals surface area contributed by atoms with Gasteiger partial charge in [0.25, 0.3) is 0 Å². The van der Waals surface area contributed by atoms with Crippen LogP contribution in [-0.4, -0.2) is 52.6 Å². The SMILES string of the molecule is CCC[CH2][Sn]([CH2]CCC)([CH2]CCC)[O][Sn]([CH2]CCC)([O]C)[O]C.